The van der Waals surface area contributed by atoms with Gasteiger partial charge in [-0.05, 0) is 37.8 Å². The fourth-order valence-corrected chi connectivity index (χ4v) is 5.78. The van der Waals surface area contributed by atoms with Gasteiger partial charge in [0.1, 0.15) is 16.3 Å². The van der Waals surface area contributed by atoms with Gasteiger partial charge in [0, 0.05) is 25.3 Å². The Balaban J connectivity index is 1.47. The number of nitrogens with two attached hydrogens (primary N) is 1. The Hall–Kier alpha value is -2.44. The maximum Gasteiger partial charge on any atom is 0.330 e. The van der Waals surface area contributed by atoms with Gasteiger partial charge in [-0.3, -0.25) is 19.1 Å². The fourth-order valence-electron chi connectivity index (χ4n) is 3.60. The Bertz CT molecular complexity index is 1210. The molecular formula is C19H23N5O5S2. The van der Waals surface area contributed by atoms with Crippen LogP contribution in [-0.2, 0) is 10.0 Å². The number of Topliss-reactive ketones (excluding diaryl/α,β-unsaturated/α-hetero) is 1. The Kier molecular flexibility index (Phi) is 6.04. The standard InChI is InChI=1S/C19H23N5O5S2/c20-17-16(18(26)22-19(27)24(17)12-4-5-12)14(25)11-30-15-7-6-13(10-21-15)31(28,29)23-8-2-1-3-9-23/h6-7,10,12H,1-5,8-9,11,20H2,(H,22,26,27). The van der Waals surface area contributed by atoms with E-state index in [2.05, 4.69) is 9.97 Å². The number of hydrogen-bond donors (Lipinski definition) is 2. The molecule has 10 nitrogen and oxygen atoms in total. The Labute approximate surface area is 182 Å². The number of ketones is 1. The number of thioether (sulfide) groups is 1. The van der Waals surface area contributed by atoms with Crippen molar-refractivity contribution in [2.75, 3.05) is 24.6 Å². The van der Waals surface area contributed by atoms with Crippen molar-refractivity contribution in [1.82, 2.24) is 18.8 Å². The summed E-state index contributed by atoms with van der Waals surface area (Å²) in [5.41, 5.74) is 4.31. The second kappa shape index (κ2) is 8.60. The Morgan fingerprint density at radius 2 is 1.90 bits per heavy atom. The van der Waals surface area contributed by atoms with Gasteiger partial charge in [-0.1, -0.05) is 18.2 Å². The fraction of sp³-hybridized carbons (Fsp3) is 0.474. The molecule has 0 bridgehead atoms. The predicted octanol–water partition coefficient (Wildman–Crippen LogP) is 0.998. The number of anilines is 1. The van der Waals surface area contributed by atoms with Crippen LogP contribution in [0.3, 0.4) is 0 Å². The van der Waals surface area contributed by atoms with Gasteiger partial charge in [-0.2, -0.15) is 4.31 Å². The van der Waals surface area contributed by atoms with Crippen LogP contribution < -0.4 is 17.0 Å². The number of hydrogen-bond acceptors (Lipinski definition) is 8. The molecule has 0 aromatic carbocycles. The zero-order chi connectivity index (χ0) is 22.2. The molecule has 3 N–H and O–H groups in total. The average molecular weight is 466 g/mol. The van der Waals surface area contributed by atoms with Crippen LogP contribution in [0, 0.1) is 0 Å². The third kappa shape index (κ3) is 4.46. The van der Waals surface area contributed by atoms with E-state index in [9.17, 15) is 22.8 Å². The molecule has 0 amide bonds. The molecule has 2 fully saturated rings. The number of piperidine rings is 1. The smallest absolute Gasteiger partial charge is 0.330 e. The number of pyridine rings is 1. The summed E-state index contributed by atoms with van der Waals surface area (Å²) in [6.07, 6.45) is 5.55. The van der Waals surface area contributed by atoms with Crippen molar-refractivity contribution in [3.8, 4) is 0 Å². The summed E-state index contributed by atoms with van der Waals surface area (Å²) in [7, 11) is -3.58. The normalized spacial score (nSPS) is 17.5. The van der Waals surface area contributed by atoms with Crippen LogP contribution in [0.5, 0.6) is 0 Å². The SMILES string of the molecule is Nc1c(C(=O)CSc2ccc(S(=O)(=O)N3CCCCC3)cn2)c(=O)[nH]c(=O)n1C1CC1. The monoisotopic (exact) mass is 465 g/mol. The number of carbonyl (C=O) groups excluding carboxylic acids is 1. The molecule has 1 aliphatic carbocycles. The summed E-state index contributed by atoms with van der Waals surface area (Å²) >= 11 is 1.06. The maximum atomic E-state index is 12.7. The average Bonchev–Trinajstić information content (AvgIpc) is 3.58. The van der Waals surface area contributed by atoms with Gasteiger partial charge in [0.25, 0.3) is 5.56 Å². The Morgan fingerprint density at radius 1 is 1.19 bits per heavy atom. The molecule has 2 aliphatic rings. The minimum absolute atomic E-state index is 0.0837. The molecule has 4 rings (SSSR count). The lowest BCUT2D eigenvalue weighted by molar-refractivity contribution is 0.102. The molecule has 0 atom stereocenters. The Morgan fingerprint density at radius 3 is 2.52 bits per heavy atom. The van der Waals surface area contributed by atoms with Crippen molar-refractivity contribution in [3.63, 3.8) is 0 Å². The van der Waals surface area contributed by atoms with Crippen LogP contribution in [0.2, 0.25) is 0 Å². The predicted molar refractivity (Wildman–Crippen MR) is 116 cm³/mol. The van der Waals surface area contributed by atoms with Crippen molar-refractivity contribution in [2.24, 2.45) is 0 Å². The highest BCUT2D eigenvalue weighted by molar-refractivity contribution is 7.99. The van der Waals surface area contributed by atoms with Gasteiger partial charge in [-0.25, -0.2) is 18.2 Å². The van der Waals surface area contributed by atoms with E-state index >= 15 is 0 Å². The lowest BCUT2D eigenvalue weighted by atomic mass is 10.2. The second-order valence-electron chi connectivity index (χ2n) is 7.63. The van der Waals surface area contributed by atoms with Gasteiger partial charge >= 0.3 is 5.69 Å². The van der Waals surface area contributed by atoms with Crippen LogP contribution >= 0.6 is 11.8 Å². The number of H-pyrrole nitrogens is 1. The third-order valence-electron chi connectivity index (χ3n) is 5.39. The molecule has 1 saturated heterocycles. The highest BCUT2D eigenvalue weighted by Gasteiger charge is 2.30. The summed E-state index contributed by atoms with van der Waals surface area (Å²) in [6, 6.07) is 2.92. The molecule has 0 spiro atoms. The third-order valence-corrected chi connectivity index (χ3v) is 8.21. The first-order chi connectivity index (χ1) is 14.8. The number of sulfonamides is 1. The van der Waals surface area contributed by atoms with Crippen molar-refractivity contribution >= 4 is 33.4 Å². The van der Waals surface area contributed by atoms with Crippen molar-refractivity contribution in [1.29, 1.82) is 0 Å². The van der Waals surface area contributed by atoms with Gasteiger partial charge < -0.3 is 5.73 Å². The molecule has 2 aromatic heterocycles. The van der Waals surface area contributed by atoms with Gasteiger partial charge in [-0.15, -0.1) is 0 Å². The van der Waals surface area contributed by atoms with E-state index in [1.54, 1.807) is 0 Å². The van der Waals surface area contributed by atoms with Crippen molar-refractivity contribution < 1.29 is 13.2 Å². The molecule has 1 saturated carbocycles. The summed E-state index contributed by atoms with van der Waals surface area (Å²) < 4.78 is 28.1. The molecule has 1 aliphatic heterocycles. The van der Waals surface area contributed by atoms with E-state index in [1.165, 1.54) is 27.2 Å². The number of nitrogens with zero attached hydrogens (tertiary/aromatic N) is 3. The van der Waals surface area contributed by atoms with Crippen LogP contribution in [0.1, 0.15) is 48.5 Å². The van der Waals surface area contributed by atoms with E-state index in [1.807, 2.05) is 0 Å². The number of nitrogen functional groups attached to an aromatic ring is 1. The van der Waals surface area contributed by atoms with E-state index in [0.717, 1.165) is 43.9 Å². The highest BCUT2D eigenvalue weighted by Crippen LogP contribution is 2.35. The number of nitrogens with one attached hydrogen (secondary N) is 1. The first kappa shape index (κ1) is 21.8. The molecule has 166 valence electrons. The first-order valence-corrected chi connectivity index (χ1v) is 12.5. The van der Waals surface area contributed by atoms with Crippen molar-refractivity contribution in [2.45, 2.75) is 48.1 Å². The van der Waals surface area contributed by atoms with Crippen LogP contribution in [0.15, 0.2) is 37.8 Å². The molecular weight excluding hydrogens is 442 g/mol. The van der Waals surface area contributed by atoms with E-state index in [0.29, 0.717) is 18.1 Å². The van der Waals surface area contributed by atoms with E-state index in [-0.39, 0.29) is 28.1 Å². The molecule has 31 heavy (non-hydrogen) atoms. The zero-order valence-corrected chi connectivity index (χ0v) is 18.4. The molecule has 0 unspecified atom stereocenters. The van der Waals surface area contributed by atoms with Gasteiger partial charge in [0.15, 0.2) is 5.78 Å². The lowest BCUT2D eigenvalue weighted by Crippen LogP contribution is -2.36. The highest BCUT2D eigenvalue weighted by atomic mass is 32.2. The molecule has 12 heteroatoms. The molecule has 2 aromatic rings. The largest absolute Gasteiger partial charge is 0.384 e. The van der Waals surface area contributed by atoms with Crippen molar-refractivity contribution in [3.05, 3.63) is 44.7 Å². The minimum Gasteiger partial charge on any atom is -0.384 e. The van der Waals surface area contributed by atoms with Crippen LogP contribution in [-0.4, -0.2) is 51.9 Å². The second-order valence-corrected chi connectivity index (χ2v) is 10.6. The van der Waals surface area contributed by atoms with Gasteiger partial charge in [0.05, 0.1) is 10.8 Å². The summed E-state index contributed by atoms with van der Waals surface area (Å²) in [6.45, 7) is 1.01. The quantitative estimate of drug-likeness (QED) is 0.454. The topological polar surface area (TPSA) is 148 Å². The van der Waals surface area contributed by atoms with E-state index in [4.69, 9.17) is 5.73 Å². The van der Waals surface area contributed by atoms with Gasteiger partial charge in [0.2, 0.25) is 10.0 Å². The maximum absolute atomic E-state index is 12.7. The number of rotatable bonds is 7. The lowest BCUT2D eigenvalue weighted by Gasteiger charge is -2.25. The molecule has 0 radical (unpaired) electrons. The van der Waals surface area contributed by atoms with Crippen LogP contribution in [0.4, 0.5) is 5.82 Å². The minimum atomic E-state index is -3.58. The summed E-state index contributed by atoms with van der Waals surface area (Å²) in [4.78, 5) is 43.2. The number of carbonyl (C=O) groups is 1. The van der Waals surface area contributed by atoms with Crippen LogP contribution in [0.25, 0.3) is 0 Å². The van der Waals surface area contributed by atoms with E-state index < -0.39 is 27.1 Å². The molecule has 3 heterocycles. The number of aromatic amines is 1. The first-order valence-electron chi connectivity index (χ1n) is 10.1. The summed E-state index contributed by atoms with van der Waals surface area (Å²) in [5.74, 6) is -0.760. The zero-order valence-electron chi connectivity index (χ0n) is 16.7. The number of aromatic nitrogens is 3. The summed E-state index contributed by atoms with van der Waals surface area (Å²) in [5, 5.41) is 0.441.